The second kappa shape index (κ2) is 6.62. The molecular formula is C18H15FN2O3. The van der Waals surface area contributed by atoms with Crippen molar-refractivity contribution >= 4 is 16.9 Å². The quantitative estimate of drug-likeness (QED) is 0.692. The molecule has 122 valence electrons. The van der Waals surface area contributed by atoms with Crippen LogP contribution in [0.15, 0.2) is 53.3 Å². The second-order valence-electron chi connectivity index (χ2n) is 5.28. The Balaban J connectivity index is 1.74. The fourth-order valence-electron chi connectivity index (χ4n) is 2.47. The summed E-state index contributed by atoms with van der Waals surface area (Å²) in [6.45, 7) is 1.90. The number of aromatic nitrogens is 2. The van der Waals surface area contributed by atoms with Crippen LogP contribution in [-0.4, -0.2) is 22.1 Å². The van der Waals surface area contributed by atoms with Crippen molar-refractivity contribution in [2.45, 2.75) is 13.5 Å². The Labute approximate surface area is 137 Å². The largest absolute Gasteiger partial charge is 0.460 e. The number of fused-ring (bicyclic) bond motifs is 1. The molecule has 2 aromatic carbocycles. The van der Waals surface area contributed by atoms with Gasteiger partial charge in [-0.05, 0) is 37.3 Å². The van der Waals surface area contributed by atoms with Gasteiger partial charge in [-0.2, -0.15) is 0 Å². The highest BCUT2D eigenvalue weighted by Crippen LogP contribution is 2.08. The molecule has 1 aromatic heterocycles. The van der Waals surface area contributed by atoms with Crippen molar-refractivity contribution in [2.24, 2.45) is 0 Å². The third kappa shape index (κ3) is 3.17. The van der Waals surface area contributed by atoms with E-state index in [0.29, 0.717) is 16.7 Å². The minimum atomic E-state index is -0.631. The van der Waals surface area contributed by atoms with Crippen LogP contribution >= 0.6 is 0 Å². The van der Waals surface area contributed by atoms with Gasteiger partial charge in [-0.25, -0.2) is 14.2 Å². The number of aryl methyl sites for hydroxylation is 1. The van der Waals surface area contributed by atoms with E-state index in [1.807, 2.05) is 6.07 Å². The van der Waals surface area contributed by atoms with Gasteiger partial charge in [0, 0.05) is 0 Å². The van der Waals surface area contributed by atoms with Crippen molar-refractivity contribution in [3.05, 3.63) is 76.1 Å². The van der Waals surface area contributed by atoms with Crippen molar-refractivity contribution in [3.8, 4) is 0 Å². The van der Waals surface area contributed by atoms with E-state index in [1.165, 1.54) is 22.8 Å². The van der Waals surface area contributed by atoms with Gasteiger partial charge in [0.05, 0.1) is 23.0 Å². The number of rotatable bonds is 4. The maximum atomic E-state index is 13.1. The number of carbonyl (C=O) groups excluding carboxylic acids is 1. The summed E-state index contributed by atoms with van der Waals surface area (Å²) < 4.78 is 19.7. The molecule has 1 heterocycles. The van der Waals surface area contributed by atoms with Crippen LogP contribution in [0, 0.1) is 12.7 Å². The lowest BCUT2D eigenvalue weighted by atomic mass is 10.2. The van der Waals surface area contributed by atoms with Crippen LogP contribution in [0.3, 0.4) is 0 Å². The van der Waals surface area contributed by atoms with E-state index in [9.17, 15) is 14.0 Å². The number of carbonyl (C=O) groups is 1. The zero-order chi connectivity index (χ0) is 17.1. The summed E-state index contributed by atoms with van der Waals surface area (Å²) in [6.07, 6.45) is 0. The van der Waals surface area contributed by atoms with Crippen molar-refractivity contribution in [2.75, 3.05) is 6.61 Å². The van der Waals surface area contributed by atoms with E-state index < -0.39 is 11.8 Å². The smallest absolute Gasteiger partial charge is 0.338 e. The highest BCUT2D eigenvalue weighted by molar-refractivity contribution is 5.89. The Morgan fingerprint density at radius 1 is 1.21 bits per heavy atom. The fraction of sp³-hybridized carbons (Fsp3) is 0.167. The van der Waals surface area contributed by atoms with Gasteiger partial charge in [0.25, 0.3) is 5.56 Å². The Morgan fingerprint density at radius 2 is 2.00 bits per heavy atom. The highest BCUT2D eigenvalue weighted by atomic mass is 19.1. The van der Waals surface area contributed by atoms with Crippen LogP contribution in [0.5, 0.6) is 0 Å². The zero-order valence-electron chi connectivity index (χ0n) is 13.0. The van der Waals surface area contributed by atoms with E-state index >= 15 is 0 Å². The van der Waals surface area contributed by atoms with Crippen molar-refractivity contribution in [1.29, 1.82) is 0 Å². The van der Waals surface area contributed by atoms with E-state index in [-0.39, 0.29) is 24.3 Å². The van der Waals surface area contributed by atoms with Crippen LogP contribution in [-0.2, 0) is 11.3 Å². The van der Waals surface area contributed by atoms with Gasteiger partial charge in [0.1, 0.15) is 18.2 Å². The summed E-state index contributed by atoms with van der Waals surface area (Å²) in [6, 6.07) is 12.3. The standard InChI is InChI=1S/C18H15FN2O3/c1-12-20-16-8-3-2-7-15(16)17(22)21(12)9-10-24-18(23)13-5-4-6-14(19)11-13/h2-8,11H,9-10H2,1H3. The molecule has 5 nitrogen and oxygen atoms in total. The summed E-state index contributed by atoms with van der Waals surface area (Å²) in [5.41, 5.74) is 0.587. The second-order valence-corrected chi connectivity index (χ2v) is 5.28. The Bertz CT molecular complexity index is 966. The molecule has 0 amide bonds. The molecule has 0 saturated carbocycles. The van der Waals surface area contributed by atoms with Crippen LogP contribution < -0.4 is 5.56 Å². The predicted molar refractivity (Wildman–Crippen MR) is 87.4 cm³/mol. The Morgan fingerprint density at radius 3 is 2.79 bits per heavy atom. The third-order valence-corrected chi connectivity index (χ3v) is 3.66. The van der Waals surface area contributed by atoms with Gasteiger partial charge in [0.2, 0.25) is 0 Å². The summed E-state index contributed by atoms with van der Waals surface area (Å²) in [4.78, 5) is 28.7. The summed E-state index contributed by atoms with van der Waals surface area (Å²) in [5, 5.41) is 0.513. The maximum absolute atomic E-state index is 13.1. The first-order chi connectivity index (χ1) is 11.6. The molecule has 0 spiro atoms. The number of hydrogen-bond donors (Lipinski definition) is 0. The average molecular weight is 326 g/mol. The number of halogens is 1. The van der Waals surface area contributed by atoms with Gasteiger partial charge in [-0.15, -0.1) is 0 Å². The first kappa shape index (κ1) is 15.9. The van der Waals surface area contributed by atoms with Gasteiger partial charge in [0.15, 0.2) is 0 Å². The predicted octanol–water partition coefficient (Wildman–Crippen LogP) is 2.70. The van der Waals surface area contributed by atoms with Crippen LogP contribution in [0.4, 0.5) is 4.39 Å². The normalized spacial score (nSPS) is 10.8. The fourth-order valence-corrected chi connectivity index (χ4v) is 2.47. The molecule has 6 heteroatoms. The molecule has 24 heavy (non-hydrogen) atoms. The summed E-state index contributed by atoms with van der Waals surface area (Å²) >= 11 is 0. The van der Waals surface area contributed by atoms with Crippen LogP contribution in [0.25, 0.3) is 10.9 Å². The summed E-state index contributed by atoms with van der Waals surface area (Å²) in [5.74, 6) is -0.593. The van der Waals surface area contributed by atoms with Crippen molar-refractivity contribution in [3.63, 3.8) is 0 Å². The average Bonchev–Trinajstić information content (AvgIpc) is 2.57. The minimum Gasteiger partial charge on any atom is -0.460 e. The first-order valence-electron chi connectivity index (χ1n) is 7.45. The minimum absolute atomic E-state index is 0.00386. The van der Waals surface area contributed by atoms with Crippen LogP contribution in [0.2, 0.25) is 0 Å². The molecule has 0 saturated heterocycles. The Hall–Kier alpha value is -3.02. The third-order valence-electron chi connectivity index (χ3n) is 3.66. The number of esters is 1. The number of para-hydroxylation sites is 1. The van der Waals surface area contributed by atoms with E-state index in [0.717, 1.165) is 6.07 Å². The lowest BCUT2D eigenvalue weighted by Crippen LogP contribution is -2.26. The molecule has 0 atom stereocenters. The van der Waals surface area contributed by atoms with Gasteiger partial charge < -0.3 is 4.74 Å². The molecule has 0 unspecified atom stereocenters. The van der Waals surface area contributed by atoms with E-state index in [2.05, 4.69) is 4.98 Å². The number of ether oxygens (including phenoxy) is 1. The van der Waals surface area contributed by atoms with Gasteiger partial charge in [-0.3, -0.25) is 9.36 Å². The van der Waals surface area contributed by atoms with Gasteiger partial charge >= 0.3 is 5.97 Å². The van der Waals surface area contributed by atoms with Crippen LogP contribution in [0.1, 0.15) is 16.2 Å². The molecule has 3 aromatic rings. The zero-order valence-corrected chi connectivity index (χ0v) is 13.0. The Kier molecular flexibility index (Phi) is 4.37. The summed E-state index contributed by atoms with van der Waals surface area (Å²) in [7, 11) is 0. The molecule has 0 bridgehead atoms. The number of hydrogen-bond acceptors (Lipinski definition) is 4. The molecule has 0 aliphatic rings. The molecule has 0 aliphatic heterocycles. The highest BCUT2D eigenvalue weighted by Gasteiger charge is 2.10. The molecule has 3 rings (SSSR count). The van der Waals surface area contributed by atoms with Crippen molar-refractivity contribution < 1.29 is 13.9 Å². The first-order valence-corrected chi connectivity index (χ1v) is 7.45. The molecule has 0 radical (unpaired) electrons. The number of benzene rings is 2. The molecular weight excluding hydrogens is 311 g/mol. The molecule has 0 aliphatic carbocycles. The van der Waals surface area contributed by atoms with E-state index in [1.54, 1.807) is 25.1 Å². The lowest BCUT2D eigenvalue weighted by molar-refractivity contribution is 0.0489. The van der Waals surface area contributed by atoms with E-state index in [4.69, 9.17) is 4.74 Å². The SMILES string of the molecule is Cc1nc2ccccc2c(=O)n1CCOC(=O)c1cccc(F)c1. The topological polar surface area (TPSA) is 61.2 Å². The monoisotopic (exact) mass is 326 g/mol. The maximum Gasteiger partial charge on any atom is 0.338 e. The molecule has 0 fully saturated rings. The number of nitrogens with zero attached hydrogens (tertiary/aromatic N) is 2. The van der Waals surface area contributed by atoms with Crippen molar-refractivity contribution in [1.82, 2.24) is 9.55 Å². The van der Waals surface area contributed by atoms with Gasteiger partial charge in [-0.1, -0.05) is 18.2 Å². The lowest BCUT2D eigenvalue weighted by Gasteiger charge is -2.11. The molecule has 0 N–H and O–H groups in total.